The third kappa shape index (κ3) is 3.96. The van der Waals surface area contributed by atoms with Crippen molar-refractivity contribution in [2.45, 2.75) is 45.3 Å². The Kier molecular flexibility index (Phi) is 5.87. The first-order valence-electron chi connectivity index (χ1n) is 7.44. The standard InChI is InChI=1S/C16H25BrN2O/c1-4-5-14-11-19(12(2)9-18-14)10-13-8-15(20-3)6-7-16(13)17/h6-8,12,14,18H,4-5,9-11H2,1-3H3. The number of piperazine rings is 1. The van der Waals surface area contributed by atoms with Gasteiger partial charge in [-0.25, -0.2) is 0 Å². The zero-order valence-electron chi connectivity index (χ0n) is 12.7. The number of hydrogen-bond donors (Lipinski definition) is 1. The van der Waals surface area contributed by atoms with Gasteiger partial charge in [0.2, 0.25) is 0 Å². The Bertz CT molecular complexity index is 438. The van der Waals surface area contributed by atoms with E-state index in [2.05, 4.69) is 52.1 Å². The van der Waals surface area contributed by atoms with Crippen LogP contribution < -0.4 is 10.1 Å². The Morgan fingerprint density at radius 1 is 1.45 bits per heavy atom. The lowest BCUT2D eigenvalue weighted by Gasteiger charge is -2.39. The Balaban J connectivity index is 2.07. The molecule has 1 aromatic carbocycles. The molecular weight excluding hydrogens is 316 g/mol. The van der Waals surface area contributed by atoms with Crippen molar-refractivity contribution in [2.75, 3.05) is 20.2 Å². The fraction of sp³-hybridized carbons (Fsp3) is 0.625. The van der Waals surface area contributed by atoms with E-state index in [0.29, 0.717) is 12.1 Å². The number of rotatable bonds is 5. The van der Waals surface area contributed by atoms with Crippen molar-refractivity contribution in [3.8, 4) is 5.75 Å². The van der Waals surface area contributed by atoms with Gasteiger partial charge in [0, 0.05) is 36.2 Å². The Morgan fingerprint density at radius 2 is 2.25 bits per heavy atom. The van der Waals surface area contributed by atoms with E-state index in [4.69, 9.17) is 4.74 Å². The predicted molar refractivity (Wildman–Crippen MR) is 87.3 cm³/mol. The third-order valence-corrected chi connectivity index (χ3v) is 4.82. The summed E-state index contributed by atoms with van der Waals surface area (Å²) in [7, 11) is 1.72. The number of halogens is 1. The maximum Gasteiger partial charge on any atom is 0.119 e. The van der Waals surface area contributed by atoms with E-state index < -0.39 is 0 Å². The molecule has 1 fully saturated rings. The first-order valence-corrected chi connectivity index (χ1v) is 8.23. The second-order valence-electron chi connectivity index (χ2n) is 5.63. The molecule has 0 saturated carbocycles. The molecule has 0 spiro atoms. The highest BCUT2D eigenvalue weighted by Gasteiger charge is 2.24. The van der Waals surface area contributed by atoms with Gasteiger partial charge in [0.15, 0.2) is 0 Å². The SMILES string of the molecule is CCCC1CN(Cc2cc(OC)ccc2Br)C(C)CN1. The first-order chi connectivity index (χ1) is 9.63. The van der Waals surface area contributed by atoms with Crippen LogP contribution in [0, 0.1) is 0 Å². The summed E-state index contributed by atoms with van der Waals surface area (Å²) in [6, 6.07) is 7.40. The molecule has 2 unspecified atom stereocenters. The van der Waals surface area contributed by atoms with Gasteiger partial charge in [-0.15, -0.1) is 0 Å². The molecule has 1 heterocycles. The number of nitrogens with zero attached hydrogens (tertiary/aromatic N) is 1. The van der Waals surface area contributed by atoms with Gasteiger partial charge >= 0.3 is 0 Å². The highest BCUT2D eigenvalue weighted by molar-refractivity contribution is 9.10. The zero-order chi connectivity index (χ0) is 14.5. The summed E-state index contributed by atoms with van der Waals surface area (Å²) in [5, 5.41) is 3.64. The Morgan fingerprint density at radius 3 is 2.95 bits per heavy atom. The smallest absolute Gasteiger partial charge is 0.119 e. The predicted octanol–water partition coefficient (Wildman–Crippen LogP) is 3.42. The van der Waals surface area contributed by atoms with Gasteiger partial charge in [0.25, 0.3) is 0 Å². The van der Waals surface area contributed by atoms with Crippen LogP contribution in [0.4, 0.5) is 0 Å². The molecule has 1 N–H and O–H groups in total. The fourth-order valence-electron chi connectivity index (χ4n) is 2.77. The summed E-state index contributed by atoms with van der Waals surface area (Å²) >= 11 is 3.65. The van der Waals surface area contributed by atoms with Crippen molar-refractivity contribution in [2.24, 2.45) is 0 Å². The van der Waals surface area contributed by atoms with Crippen LogP contribution in [-0.2, 0) is 6.54 Å². The molecule has 2 atom stereocenters. The van der Waals surface area contributed by atoms with Gasteiger partial charge in [-0.3, -0.25) is 4.90 Å². The van der Waals surface area contributed by atoms with E-state index in [1.54, 1.807) is 7.11 Å². The highest BCUT2D eigenvalue weighted by atomic mass is 79.9. The summed E-state index contributed by atoms with van der Waals surface area (Å²) in [6.07, 6.45) is 2.49. The average Bonchev–Trinajstić information content (AvgIpc) is 2.45. The van der Waals surface area contributed by atoms with Crippen LogP contribution in [0.1, 0.15) is 32.3 Å². The van der Waals surface area contributed by atoms with Crippen LogP contribution >= 0.6 is 15.9 Å². The quantitative estimate of drug-likeness (QED) is 0.888. The van der Waals surface area contributed by atoms with Gasteiger partial charge < -0.3 is 10.1 Å². The van der Waals surface area contributed by atoms with Crippen molar-refractivity contribution >= 4 is 15.9 Å². The van der Waals surface area contributed by atoms with Crippen LogP contribution in [-0.4, -0.2) is 37.2 Å². The van der Waals surface area contributed by atoms with E-state index >= 15 is 0 Å². The van der Waals surface area contributed by atoms with Gasteiger partial charge in [0.1, 0.15) is 5.75 Å². The molecule has 0 amide bonds. The normalized spacial score (nSPS) is 23.8. The van der Waals surface area contributed by atoms with Crippen LogP contribution in [0.3, 0.4) is 0 Å². The molecule has 1 aliphatic rings. The summed E-state index contributed by atoms with van der Waals surface area (Å²) in [4.78, 5) is 2.57. The van der Waals surface area contributed by atoms with Crippen molar-refractivity contribution in [3.05, 3.63) is 28.2 Å². The van der Waals surface area contributed by atoms with Gasteiger partial charge in [-0.2, -0.15) is 0 Å². The zero-order valence-corrected chi connectivity index (χ0v) is 14.2. The minimum absolute atomic E-state index is 0.571. The van der Waals surface area contributed by atoms with Crippen LogP contribution in [0.15, 0.2) is 22.7 Å². The largest absolute Gasteiger partial charge is 0.497 e. The lowest BCUT2D eigenvalue weighted by atomic mass is 10.0. The van der Waals surface area contributed by atoms with E-state index in [-0.39, 0.29) is 0 Å². The number of hydrogen-bond acceptors (Lipinski definition) is 3. The summed E-state index contributed by atoms with van der Waals surface area (Å²) in [5.74, 6) is 0.927. The molecule has 112 valence electrons. The molecule has 0 aliphatic carbocycles. The van der Waals surface area contributed by atoms with E-state index in [1.807, 2.05) is 6.07 Å². The van der Waals surface area contributed by atoms with Crippen molar-refractivity contribution < 1.29 is 4.74 Å². The Hall–Kier alpha value is -0.580. The molecule has 1 aromatic rings. The summed E-state index contributed by atoms with van der Waals surface area (Å²) < 4.78 is 6.50. The topological polar surface area (TPSA) is 24.5 Å². The number of methoxy groups -OCH3 is 1. The number of ether oxygens (including phenoxy) is 1. The highest BCUT2D eigenvalue weighted by Crippen LogP contribution is 2.25. The minimum Gasteiger partial charge on any atom is -0.497 e. The van der Waals surface area contributed by atoms with E-state index in [1.165, 1.54) is 18.4 Å². The molecule has 1 aliphatic heterocycles. The maximum atomic E-state index is 5.33. The van der Waals surface area contributed by atoms with E-state index in [9.17, 15) is 0 Å². The van der Waals surface area contributed by atoms with Crippen LogP contribution in [0.25, 0.3) is 0 Å². The minimum atomic E-state index is 0.571. The maximum absolute atomic E-state index is 5.33. The third-order valence-electron chi connectivity index (χ3n) is 4.04. The van der Waals surface area contributed by atoms with Gasteiger partial charge in [-0.1, -0.05) is 29.3 Å². The second kappa shape index (κ2) is 7.43. The van der Waals surface area contributed by atoms with Crippen molar-refractivity contribution in [1.29, 1.82) is 0 Å². The monoisotopic (exact) mass is 340 g/mol. The summed E-state index contributed by atoms with van der Waals surface area (Å²) in [5.41, 5.74) is 1.30. The molecule has 2 rings (SSSR count). The molecule has 3 nitrogen and oxygen atoms in total. The molecule has 0 aromatic heterocycles. The van der Waals surface area contributed by atoms with E-state index in [0.717, 1.165) is 29.9 Å². The summed E-state index contributed by atoms with van der Waals surface area (Å²) in [6.45, 7) is 7.72. The fourth-order valence-corrected chi connectivity index (χ4v) is 3.15. The number of benzene rings is 1. The molecule has 0 bridgehead atoms. The lowest BCUT2D eigenvalue weighted by Crippen LogP contribution is -2.54. The van der Waals surface area contributed by atoms with Crippen LogP contribution in [0.5, 0.6) is 5.75 Å². The Labute approximate surface area is 130 Å². The second-order valence-corrected chi connectivity index (χ2v) is 6.48. The number of nitrogens with one attached hydrogen (secondary N) is 1. The molecule has 1 saturated heterocycles. The molecule has 4 heteroatoms. The van der Waals surface area contributed by atoms with Gasteiger partial charge in [-0.05, 0) is 37.1 Å². The first kappa shape index (κ1) is 15.8. The molecule has 0 radical (unpaired) electrons. The van der Waals surface area contributed by atoms with Crippen molar-refractivity contribution in [3.63, 3.8) is 0 Å². The van der Waals surface area contributed by atoms with Gasteiger partial charge in [0.05, 0.1) is 7.11 Å². The average molecular weight is 341 g/mol. The van der Waals surface area contributed by atoms with Crippen molar-refractivity contribution in [1.82, 2.24) is 10.2 Å². The molecular formula is C16H25BrN2O. The lowest BCUT2D eigenvalue weighted by molar-refractivity contribution is 0.129. The molecule has 20 heavy (non-hydrogen) atoms. The van der Waals surface area contributed by atoms with Crippen LogP contribution in [0.2, 0.25) is 0 Å².